The third kappa shape index (κ3) is 0.790. The van der Waals surface area contributed by atoms with Gasteiger partial charge in [-0.2, -0.15) is 4.98 Å². The Morgan fingerprint density at radius 2 is 2.56 bits per heavy atom. The van der Waals surface area contributed by atoms with Crippen molar-refractivity contribution in [2.75, 3.05) is 0 Å². The number of hydrogen-bond acceptors (Lipinski definition) is 3. The Kier molecular flexibility index (Phi) is 0.958. The predicted octanol–water partition coefficient (Wildman–Crippen LogP) is 0.440. The van der Waals surface area contributed by atoms with Gasteiger partial charge in [-0.25, -0.2) is 8.75 Å². The SMILES string of the molecule is O=c1n[c]sn1C1CC1. The Hall–Kier alpha value is -0.640. The lowest BCUT2D eigenvalue weighted by molar-refractivity contribution is 0.768. The molecule has 9 heavy (non-hydrogen) atoms. The van der Waals surface area contributed by atoms with Gasteiger partial charge in [-0.3, -0.25) is 0 Å². The van der Waals surface area contributed by atoms with Crippen molar-refractivity contribution >= 4 is 11.5 Å². The van der Waals surface area contributed by atoms with E-state index in [0.717, 1.165) is 12.8 Å². The summed E-state index contributed by atoms with van der Waals surface area (Å²) in [6.45, 7) is 0. The van der Waals surface area contributed by atoms with Gasteiger partial charge in [0.2, 0.25) is 0 Å². The number of rotatable bonds is 1. The highest BCUT2D eigenvalue weighted by Crippen LogP contribution is 2.34. The van der Waals surface area contributed by atoms with E-state index in [1.807, 2.05) is 0 Å². The van der Waals surface area contributed by atoms with Crippen LogP contribution in [0.25, 0.3) is 0 Å². The van der Waals surface area contributed by atoms with Crippen LogP contribution >= 0.6 is 11.5 Å². The minimum absolute atomic E-state index is 0.137. The van der Waals surface area contributed by atoms with E-state index >= 15 is 0 Å². The van der Waals surface area contributed by atoms with E-state index in [0.29, 0.717) is 6.04 Å². The second-order valence-corrected chi connectivity index (χ2v) is 2.89. The summed E-state index contributed by atoms with van der Waals surface area (Å²) in [5, 5.41) is 0. The number of hydrogen-bond donors (Lipinski definition) is 0. The quantitative estimate of drug-likeness (QED) is 0.568. The highest BCUT2D eigenvalue weighted by atomic mass is 32.1. The van der Waals surface area contributed by atoms with Crippen LogP contribution in [0.3, 0.4) is 0 Å². The summed E-state index contributed by atoms with van der Waals surface area (Å²) >= 11 is 1.29. The van der Waals surface area contributed by atoms with Gasteiger partial charge in [0.1, 0.15) is 0 Å². The molecule has 0 N–H and O–H groups in total. The van der Waals surface area contributed by atoms with E-state index in [1.54, 1.807) is 3.96 Å². The first-order valence-corrected chi connectivity index (χ1v) is 3.61. The van der Waals surface area contributed by atoms with E-state index < -0.39 is 0 Å². The van der Waals surface area contributed by atoms with Gasteiger partial charge in [0.25, 0.3) is 0 Å². The summed E-state index contributed by atoms with van der Waals surface area (Å²) in [4.78, 5) is 14.2. The topological polar surface area (TPSA) is 34.9 Å². The fourth-order valence-electron chi connectivity index (χ4n) is 0.732. The first-order chi connectivity index (χ1) is 4.38. The van der Waals surface area contributed by atoms with Crippen molar-refractivity contribution < 1.29 is 0 Å². The average Bonchev–Trinajstić information content (AvgIpc) is 2.58. The molecule has 1 aromatic heterocycles. The molecule has 47 valence electrons. The van der Waals surface area contributed by atoms with Crippen LogP contribution in [0, 0.1) is 5.51 Å². The Morgan fingerprint density at radius 1 is 1.78 bits per heavy atom. The normalized spacial score (nSPS) is 18.2. The van der Waals surface area contributed by atoms with Gasteiger partial charge in [-0.1, -0.05) is 0 Å². The molecular weight excluding hydrogens is 136 g/mol. The minimum atomic E-state index is -0.137. The third-order valence-corrected chi connectivity index (χ3v) is 2.17. The number of nitrogens with zero attached hydrogens (tertiary/aromatic N) is 2. The summed E-state index contributed by atoms with van der Waals surface area (Å²) in [6.07, 6.45) is 2.27. The molecule has 4 heteroatoms. The first-order valence-electron chi connectivity index (χ1n) is 2.84. The predicted molar refractivity (Wildman–Crippen MR) is 33.5 cm³/mol. The molecule has 1 fully saturated rings. The van der Waals surface area contributed by atoms with Crippen molar-refractivity contribution in [3.63, 3.8) is 0 Å². The lowest BCUT2D eigenvalue weighted by Gasteiger charge is -1.87. The van der Waals surface area contributed by atoms with Crippen LogP contribution < -0.4 is 5.69 Å². The zero-order valence-corrected chi connectivity index (χ0v) is 5.52. The Bertz CT molecular complexity index is 260. The summed E-state index contributed by atoms with van der Waals surface area (Å²) in [5.41, 5.74) is 2.42. The molecule has 1 heterocycles. The molecule has 1 saturated carbocycles. The standard InChI is InChI=1S/C5H5N2OS/c8-5-6-3-9-7(5)4-1-2-4/h4H,1-2H2. The molecule has 0 bridgehead atoms. The molecular formula is C5H5N2OS. The molecule has 1 aromatic rings. The van der Waals surface area contributed by atoms with Crippen molar-refractivity contribution in [1.82, 2.24) is 8.94 Å². The zero-order chi connectivity index (χ0) is 6.27. The molecule has 0 aliphatic heterocycles. The zero-order valence-electron chi connectivity index (χ0n) is 4.70. The van der Waals surface area contributed by atoms with Crippen LogP contribution in [0.15, 0.2) is 4.79 Å². The molecule has 1 aliphatic carbocycles. The maximum atomic E-state index is 10.7. The molecule has 0 unspecified atom stereocenters. The fourth-order valence-corrected chi connectivity index (χ4v) is 1.42. The lowest BCUT2D eigenvalue weighted by atomic mass is 10.7. The maximum Gasteiger partial charge on any atom is 0.358 e. The van der Waals surface area contributed by atoms with E-state index in [1.165, 1.54) is 11.5 Å². The molecule has 1 aliphatic rings. The molecule has 0 spiro atoms. The highest BCUT2D eigenvalue weighted by molar-refractivity contribution is 7.03. The van der Waals surface area contributed by atoms with E-state index in [-0.39, 0.29) is 5.69 Å². The van der Waals surface area contributed by atoms with Crippen LogP contribution in [-0.2, 0) is 0 Å². The van der Waals surface area contributed by atoms with Crippen molar-refractivity contribution in [1.29, 1.82) is 0 Å². The van der Waals surface area contributed by atoms with Gasteiger partial charge in [0.15, 0.2) is 5.51 Å². The van der Waals surface area contributed by atoms with Gasteiger partial charge >= 0.3 is 5.69 Å². The Labute approximate surface area is 56.1 Å². The van der Waals surface area contributed by atoms with Crippen molar-refractivity contribution in [2.45, 2.75) is 18.9 Å². The molecule has 0 aromatic carbocycles. The van der Waals surface area contributed by atoms with Gasteiger partial charge in [-0.15, -0.1) is 0 Å². The summed E-state index contributed by atoms with van der Waals surface area (Å²) in [6, 6.07) is 0.459. The van der Waals surface area contributed by atoms with Crippen molar-refractivity contribution in [3.8, 4) is 0 Å². The third-order valence-electron chi connectivity index (χ3n) is 1.35. The van der Waals surface area contributed by atoms with E-state index in [4.69, 9.17) is 0 Å². The first kappa shape index (κ1) is 5.17. The minimum Gasteiger partial charge on any atom is -0.245 e. The molecule has 1 radical (unpaired) electrons. The van der Waals surface area contributed by atoms with Crippen molar-refractivity contribution in [3.05, 3.63) is 16.0 Å². The highest BCUT2D eigenvalue weighted by Gasteiger charge is 2.25. The Balaban J connectivity index is 2.47. The summed E-state index contributed by atoms with van der Waals surface area (Å²) in [7, 11) is 0. The van der Waals surface area contributed by atoms with Gasteiger partial charge in [-0.05, 0) is 24.4 Å². The van der Waals surface area contributed by atoms with Gasteiger partial charge < -0.3 is 0 Å². The second kappa shape index (κ2) is 1.67. The number of aromatic nitrogens is 2. The van der Waals surface area contributed by atoms with E-state index in [9.17, 15) is 4.79 Å². The van der Waals surface area contributed by atoms with Crippen LogP contribution in [0.2, 0.25) is 0 Å². The molecule has 0 amide bonds. The fraction of sp³-hybridized carbons (Fsp3) is 0.600. The Morgan fingerprint density at radius 3 is 3.00 bits per heavy atom. The van der Waals surface area contributed by atoms with Crippen LogP contribution in [0.1, 0.15) is 18.9 Å². The second-order valence-electron chi connectivity index (χ2n) is 2.13. The summed E-state index contributed by atoms with van der Waals surface area (Å²) < 4.78 is 1.68. The van der Waals surface area contributed by atoms with Crippen molar-refractivity contribution in [2.24, 2.45) is 0 Å². The average molecular weight is 141 g/mol. The molecule has 3 nitrogen and oxygen atoms in total. The lowest BCUT2D eigenvalue weighted by Crippen LogP contribution is -2.12. The largest absolute Gasteiger partial charge is 0.358 e. The maximum absolute atomic E-state index is 10.7. The molecule has 0 atom stereocenters. The van der Waals surface area contributed by atoms with Crippen LogP contribution in [0.4, 0.5) is 0 Å². The van der Waals surface area contributed by atoms with Crippen LogP contribution in [0.5, 0.6) is 0 Å². The van der Waals surface area contributed by atoms with Gasteiger partial charge in [0.05, 0.1) is 0 Å². The van der Waals surface area contributed by atoms with Gasteiger partial charge in [0, 0.05) is 6.04 Å². The monoisotopic (exact) mass is 141 g/mol. The smallest absolute Gasteiger partial charge is 0.245 e. The summed E-state index contributed by atoms with van der Waals surface area (Å²) in [5.74, 6) is 0. The van der Waals surface area contributed by atoms with E-state index in [2.05, 4.69) is 10.5 Å². The van der Waals surface area contributed by atoms with Crippen LogP contribution in [-0.4, -0.2) is 8.94 Å². The molecule has 2 rings (SSSR count). The molecule has 0 saturated heterocycles.